The molecule has 0 saturated heterocycles. The lowest BCUT2D eigenvalue weighted by Crippen LogP contribution is -2.14. The Morgan fingerprint density at radius 1 is 0.209 bits per heavy atom. The quantitative estimate of drug-likeness (QED) is 0.0342. The summed E-state index contributed by atoms with van der Waals surface area (Å²) in [6.07, 6.45) is 52.5. The van der Waals surface area contributed by atoms with Crippen LogP contribution < -0.4 is 0 Å². The third-order valence-corrected chi connectivity index (χ3v) is 13.0. The molecule has 0 aromatic heterocycles. The first-order valence-electron chi connectivity index (χ1n) is 29.9. The Balaban J connectivity index is 5.59. The molecule has 0 heterocycles. The predicted molar refractivity (Wildman–Crippen MR) is 289 cm³/mol. The van der Waals surface area contributed by atoms with E-state index in [1.54, 1.807) is 0 Å². The van der Waals surface area contributed by atoms with Crippen LogP contribution in [0.1, 0.15) is 311 Å². The second-order valence-corrected chi connectivity index (χ2v) is 19.7. The van der Waals surface area contributed by atoms with E-state index in [0.29, 0.717) is 26.4 Å². The molecule has 0 atom stereocenters. The first-order valence-corrected chi connectivity index (χ1v) is 29.9. The molecule has 0 rings (SSSR count). The van der Waals surface area contributed by atoms with Crippen molar-refractivity contribution in [3.63, 3.8) is 0 Å². The van der Waals surface area contributed by atoms with Crippen molar-refractivity contribution in [3.8, 4) is 0 Å². The van der Waals surface area contributed by atoms with Gasteiger partial charge < -0.3 is 33.2 Å². The van der Waals surface area contributed by atoms with Crippen LogP contribution in [0.2, 0.25) is 0 Å². The fourth-order valence-corrected chi connectivity index (χ4v) is 8.56. The molecule has 0 aliphatic carbocycles. The molecule has 0 amide bonds. The minimum atomic E-state index is 0.128. The number of unbranched alkanes of at least 4 members (excludes halogenated alkanes) is 34. The SMILES string of the molecule is CCCCCCCCCCOC(CCCCCC)=C(COCOCOCC(OCCCCCCCCCC)=C(CCCCCC)OCCCCCCCCCC)OCCCCCCCCCC. The van der Waals surface area contributed by atoms with E-state index >= 15 is 0 Å². The lowest BCUT2D eigenvalue weighted by molar-refractivity contribution is -0.132. The molecule has 0 radical (unpaired) electrons. The Morgan fingerprint density at radius 3 is 0.672 bits per heavy atom. The molecule has 0 bridgehead atoms. The summed E-state index contributed by atoms with van der Waals surface area (Å²) in [5.41, 5.74) is 0. The Bertz CT molecular complexity index is 934. The van der Waals surface area contributed by atoms with Crippen molar-refractivity contribution in [1.82, 2.24) is 0 Å². The summed E-state index contributed by atoms with van der Waals surface area (Å²) in [5, 5.41) is 0. The van der Waals surface area contributed by atoms with Crippen molar-refractivity contribution in [1.29, 1.82) is 0 Å². The monoisotopic (exact) mass is 951 g/mol. The second-order valence-electron chi connectivity index (χ2n) is 19.7. The average molecular weight is 952 g/mol. The van der Waals surface area contributed by atoms with E-state index in [9.17, 15) is 0 Å². The van der Waals surface area contributed by atoms with Crippen molar-refractivity contribution in [2.24, 2.45) is 0 Å². The fourth-order valence-electron chi connectivity index (χ4n) is 8.56. The van der Waals surface area contributed by atoms with E-state index < -0.39 is 0 Å². The summed E-state index contributed by atoms with van der Waals surface area (Å²) in [5.74, 6) is 3.67. The Kier molecular flexibility index (Phi) is 55.9. The van der Waals surface area contributed by atoms with Gasteiger partial charge in [0.25, 0.3) is 0 Å². The summed E-state index contributed by atoms with van der Waals surface area (Å²) in [6.45, 7) is 17.5. The first-order chi connectivity index (χ1) is 33.2. The Labute approximate surface area is 419 Å². The van der Waals surface area contributed by atoms with Gasteiger partial charge in [-0.15, -0.1) is 0 Å². The predicted octanol–water partition coefficient (Wildman–Crippen LogP) is 19.9. The lowest BCUT2D eigenvalue weighted by atomic mass is 10.1. The van der Waals surface area contributed by atoms with Crippen LogP contribution in [0.25, 0.3) is 0 Å². The van der Waals surface area contributed by atoms with Crippen molar-refractivity contribution in [2.75, 3.05) is 53.2 Å². The fraction of sp³-hybridized carbons (Fsp3) is 0.933. The van der Waals surface area contributed by atoms with Gasteiger partial charge in [0.15, 0.2) is 11.5 Å². The molecular weight excluding hydrogens is 833 g/mol. The maximum atomic E-state index is 6.57. The molecule has 0 unspecified atom stereocenters. The van der Waals surface area contributed by atoms with Gasteiger partial charge in [-0.2, -0.15) is 0 Å². The first kappa shape index (κ1) is 65.6. The van der Waals surface area contributed by atoms with Gasteiger partial charge in [0.2, 0.25) is 0 Å². The van der Waals surface area contributed by atoms with Gasteiger partial charge >= 0.3 is 0 Å². The highest BCUT2D eigenvalue weighted by Gasteiger charge is 2.14. The molecule has 0 aromatic rings. The van der Waals surface area contributed by atoms with Gasteiger partial charge in [-0.3, -0.25) is 0 Å². The zero-order valence-corrected chi connectivity index (χ0v) is 46.2. The molecule has 0 fully saturated rings. The van der Waals surface area contributed by atoms with E-state index in [-0.39, 0.29) is 13.6 Å². The van der Waals surface area contributed by atoms with E-state index in [4.69, 9.17) is 33.2 Å². The Morgan fingerprint density at radius 2 is 0.418 bits per heavy atom. The van der Waals surface area contributed by atoms with E-state index in [1.807, 2.05) is 0 Å². The normalized spacial score (nSPS) is 12.4. The van der Waals surface area contributed by atoms with Crippen molar-refractivity contribution in [2.45, 2.75) is 311 Å². The van der Waals surface area contributed by atoms with E-state index in [1.165, 1.54) is 218 Å². The highest BCUT2D eigenvalue weighted by atomic mass is 16.7. The summed E-state index contributed by atoms with van der Waals surface area (Å²) in [7, 11) is 0. The molecule has 0 aliphatic heterocycles. The molecule has 0 saturated carbocycles. The zero-order chi connectivity index (χ0) is 48.6. The molecular formula is C60H118O7. The van der Waals surface area contributed by atoms with Gasteiger partial charge in [0, 0.05) is 12.8 Å². The standard InChI is InChI=1S/C60H118O7/c1-7-13-19-25-29-33-37-43-49-64-57(47-41-23-17-11-5)59(66-51-45-39-35-31-27-21-15-9-3)53-61-55-63-56-62-54-60(67-52-46-40-36-32-28-22-16-10-4)58(48-42-24-18-12-6)65-50-44-38-34-30-26-20-14-8-2/h7-56H2,1-6H3. The third-order valence-electron chi connectivity index (χ3n) is 13.0. The lowest BCUT2D eigenvalue weighted by Gasteiger charge is -2.19. The number of ether oxygens (including phenoxy) is 7. The number of allylic oxidation sites excluding steroid dienone is 2. The number of rotatable bonds is 58. The molecule has 67 heavy (non-hydrogen) atoms. The van der Waals surface area contributed by atoms with Gasteiger partial charge in [-0.25, -0.2) is 0 Å². The van der Waals surface area contributed by atoms with Gasteiger partial charge in [-0.1, -0.05) is 260 Å². The average Bonchev–Trinajstić information content (AvgIpc) is 3.34. The smallest absolute Gasteiger partial charge is 0.159 e. The maximum absolute atomic E-state index is 6.57. The molecule has 0 spiro atoms. The number of hydrogen-bond acceptors (Lipinski definition) is 7. The minimum Gasteiger partial charge on any atom is -0.494 e. The van der Waals surface area contributed by atoms with Gasteiger partial charge in [0.05, 0.1) is 26.4 Å². The van der Waals surface area contributed by atoms with E-state index in [0.717, 1.165) is 87.6 Å². The topological polar surface area (TPSA) is 64.6 Å². The molecule has 0 aliphatic rings. The van der Waals surface area contributed by atoms with Gasteiger partial charge in [0.1, 0.15) is 38.3 Å². The second kappa shape index (κ2) is 57.1. The highest BCUT2D eigenvalue weighted by Crippen LogP contribution is 2.22. The van der Waals surface area contributed by atoms with Crippen molar-refractivity contribution >= 4 is 0 Å². The molecule has 400 valence electrons. The third kappa shape index (κ3) is 48.0. The van der Waals surface area contributed by atoms with Crippen LogP contribution in [-0.2, 0) is 33.2 Å². The Hall–Kier alpha value is -1.44. The molecule has 0 N–H and O–H groups in total. The van der Waals surface area contributed by atoms with Crippen LogP contribution in [0.3, 0.4) is 0 Å². The number of hydrogen-bond donors (Lipinski definition) is 0. The highest BCUT2D eigenvalue weighted by molar-refractivity contribution is 5.03. The van der Waals surface area contributed by atoms with Crippen LogP contribution >= 0.6 is 0 Å². The molecule has 7 nitrogen and oxygen atoms in total. The van der Waals surface area contributed by atoms with Crippen LogP contribution in [0.15, 0.2) is 23.0 Å². The maximum Gasteiger partial charge on any atom is 0.159 e. The summed E-state index contributed by atoms with van der Waals surface area (Å²) in [6, 6.07) is 0. The summed E-state index contributed by atoms with van der Waals surface area (Å²) >= 11 is 0. The zero-order valence-electron chi connectivity index (χ0n) is 46.2. The van der Waals surface area contributed by atoms with Gasteiger partial charge in [-0.05, 0) is 38.5 Å². The largest absolute Gasteiger partial charge is 0.494 e. The van der Waals surface area contributed by atoms with Crippen LogP contribution in [0.5, 0.6) is 0 Å². The van der Waals surface area contributed by atoms with Crippen molar-refractivity contribution < 1.29 is 33.2 Å². The molecule has 0 aromatic carbocycles. The van der Waals surface area contributed by atoms with Crippen LogP contribution in [0, 0.1) is 0 Å². The van der Waals surface area contributed by atoms with Crippen LogP contribution in [0.4, 0.5) is 0 Å². The minimum absolute atomic E-state index is 0.128. The van der Waals surface area contributed by atoms with Crippen LogP contribution in [-0.4, -0.2) is 53.2 Å². The summed E-state index contributed by atoms with van der Waals surface area (Å²) < 4.78 is 44.5. The molecule has 7 heteroatoms. The van der Waals surface area contributed by atoms with E-state index in [2.05, 4.69) is 41.5 Å². The van der Waals surface area contributed by atoms with Crippen molar-refractivity contribution in [3.05, 3.63) is 23.0 Å². The summed E-state index contributed by atoms with van der Waals surface area (Å²) in [4.78, 5) is 0.